The van der Waals surface area contributed by atoms with Gasteiger partial charge in [0.15, 0.2) is 0 Å². The Bertz CT molecular complexity index is 905. The van der Waals surface area contributed by atoms with E-state index in [2.05, 4.69) is 33.5 Å². The van der Waals surface area contributed by atoms with Gasteiger partial charge in [-0.15, -0.1) is 10.2 Å². The van der Waals surface area contributed by atoms with Gasteiger partial charge in [-0.25, -0.2) is 0 Å². The summed E-state index contributed by atoms with van der Waals surface area (Å²) in [5, 5.41) is 12.9. The summed E-state index contributed by atoms with van der Waals surface area (Å²) < 4.78 is 5.40. The van der Waals surface area contributed by atoms with Crippen molar-refractivity contribution < 1.29 is 4.74 Å². The van der Waals surface area contributed by atoms with Crippen molar-refractivity contribution in [1.82, 2.24) is 15.2 Å². The molecule has 0 bridgehead atoms. The molecule has 6 nitrogen and oxygen atoms in total. The number of pyridine rings is 1. The number of fused-ring (bicyclic) bond motifs is 1. The average Bonchev–Trinajstić information content (AvgIpc) is 3.14. The van der Waals surface area contributed by atoms with E-state index in [1.807, 2.05) is 30.6 Å². The van der Waals surface area contributed by atoms with Gasteiger partial charge in [0.25, 0.3) is 0 Å². The Morgan fingerprint density at radius 2 is 2.20 bits per heavy atom. The largest absolute Gasteiger partial charge is 0.397 e. The van der Waals surface area contributed by atoms with E-state index in [1.165, 1.54) is 5.56 Å². The van der Waals surface area contributed by atoms with E-state index in [4.69, 9.17) is 10.5 Å². The molecule has 0 unspecified atom stereocenters. The molecule has 2 aromatic heterocycles. The molecule has 3 N–H and O–H groups in total. The van der Waals surface area contributed by atoms with Crippen LogP contribution in [-0.2, 0) is 11.2 Å². The lowest BCUT2D eigenvalue weighted by Gasteiger charge is -2.13. The quantitative estimate of drug-likeness (QED) is 0.713. The maximum absolute atomic E-state index is 6.24. The molecule has 1 aliphatic heterocycles. The second-order valence-electron chi connectivity index (χ2n) is 6.32. The Balaban J connectivity index is 1.76. The van der Waals surface area contributed by atoms with E-state index < -0.39 is 0 Å². The van der Waals surface area contributed by atoms with Crippen LogP contribution in [0.4, 0.5) is 11.5 Å². The van der Waals surface area contributed by atoms with Crippen LogP contribution >= 0.6 is 0 Å². The Morgan fingerprint density at radius 1 is 1.28 bits per heavy atom. The molecule has 4 rings (SSSR count). The van der Waals surface area contributed by atoms with Gasteiger partial charge in [-0.2, -0.15) is 0 Å². The van der Waals surface area contributed by atoms with Crippen LogP contribution in [-0.4, -0.2) is 34.4 Å². The van der Waals surface area contributed by atoms with Crippen LogP contribution in [0.5, 0.6) is 0 Å². The molecule has 3 heterocycles. The maximum atomic E-state index is 6.24. The van der Waals surface area contributed by atoms with E-state index in [0.717, 1.165) is 47.3 Å². The third-order valence-corrected chi connectivity index (χ3v) is 4.60. The molecule has 3 aromatic rings. The summed E-state index contributed by atoms with van der Waals surface area (Å²) >= 11 is 0. The Labute approximate surface area is 146 Å². The van der Waals surface area contributed by atoms with Gasteiger partial charge in [-0.05, 0) is 48.2 Å². The highest BCUT2D eigenvalue weighted by atomic mass is 16.5. The minimum absolute atomic E-state index is 0.289. The van der Waals surface area contributed by atoms with E-state index >= 15 is 0 Å². The lowest BCUT2D eigenvalue weighted by Crippen LogP contribution is -2.19. The van der Waals surface area contributed by atoms with Crippen LogP contribution in [0.3, 0.4) is 0 Å². The number of nitrogen functional groups attached to an aromatic ring is 1. The van der Waals surface area contributed by atoms with Gasteiger partial charge in [-0.1, -0.05) is 6.92 Å². The number of anilines is 2. The molecule has 1 aromatic carbocycles. The van der Waals surface area contributed by atoms with Crippen molar-refractivity contribution in [3.63, 3.8) is 0 Å². The van der Waals surface area contributed by atoms with Gasteiger partial charge < -0.3 is 15.8 Å². The summed E-state index contributed by atoms with van der Waals surface area (Å²) in [5.74, 6) is 0.751. The minimum Gasteiger partial charge on any atom is -0.397 e. The monoisotopic (exact) mass is 335 g/mol. The van der Waals surface area contributed by atoms with Crippen LogP contribution < -0.4 is 11.1 Å². The summed E-state index contributed by atoms with van der Waals surface area (Å²) in [7, 11) is 0. The number of nitrogens with one attached hydrogen (secondary N) is 1. The fourth-order valence-corrected chi connectivity index (χ4v) is 3.26. The van der Waals surface area contributed by atoms with E-state index in [1.54, 1.807) is 0 Å². The zero-order valence-electron chi connectivity index (χ0n) is 14.2. The number of hydrogen-bond donors (Lipinski definition) is 2. The van der Waals surface area contributed by atoms with Gasteiger partial charge in [0.1, 0.15) is 11.3 Å². The minimum atomic E-state index is 0.289. The molecule has 0 radical (unpaired) electrons. The average molecular weight is 335 g/mol. The van der Waals surface area contributed by atoms with Crippen molar-refractivity contribution in [1.29, 1.82) is 0 Å². The molecule has 0 aliphatic carbocycles. The fraction of sp³-hybridized carbons (Fsp3) is 0.316. The first-order valence-electron chi connectivity index (χ1n) is 8.59. The van der Waals surface area contributed by atoms with Gasteiger partial charge in [0, 0.05) is 30.0 Å². The standard InChI is InChI=1S/C19H21N5O/c1-2-12-3-5-21-10-16(12)13-7-14-9-18(22-15-4-6-25-11-15)23-24-19(14)17(20)8-13/h3,5,7-10,15H,2,4,6,11,20H2,1H3,(H,22,23)/t15-/m0/s1. The van der Waals surface area contributed by atoms with Crippen molar-refractivity contribution in [3.8, 4) is 11.1 Å². The normalized spacial score (nSPS) is 17.1. The Kier molecular flexibility index (Phi) is 4.19. The summed E-state index contributed by atoms with van der Waals surface area (Å²) in [4.78, 5) is 4.27. The van der Waals surface area contributed by atoms with Crippen molar-refractivity contribution in [2.45, 2.75) is 25.8 Å². The number of hydrogen-bond acceptors (Lipinski definition) is 6. The molecule has 0 spiro atoms. The Hall–Kier alpha value is -2.73. The number of aryl methyl sites for hydroxylation is 1. The zero-order chi connectivity index (χ0) is 17.2. The first-order valence-corrected chi connectivity index (χ1v) is 8.59. The molecule has 6 heteroatoms. The Morgan fingerprint density at radius 3 is 3.00 bits per heavy atom. The summed E-state index contributed by atoms with van der Waals surface area (Å²) in [6.45, 7) is 3.63. The molecule has 1 saturated heterocycles. The zero-order valence-corrected chi connectivity index (χ0v) is 14.2. The molecular weight excluding hydrogens is 314 g/mol. The highest BCUT2D eigenvalue weighted by Crippen LogP contribution is 2.31. The molecule has 1 fully saturated rings. The number of benzene rings is 1. The van der Waals surface area contributed by atoms with Crippen LogP contribution in [0.15, 0.2) is 36.7 Å². The number of nitrogens with two attached hydrogens (primary N) is 1. The van der Waals surface area contributed by atoms with Crippen molar-refractivity contribution in [2.24, 2.45) is 0 Å². The van der Waals surface area contributed by atoms with Crippen LogP contribution in [0.1, 0.15) is 18.9 Å². The SMILES string of the molecule is CCc1ccncc1-c1cc(N)c2nnc(N[C@H]3CCOC3)cc2c1. The third-order valence-electron chi connectivity index (χ3n) is 4.60. The van der Waals surface area contributed by atoms with Gasteiger partial charge in [0.05, 0.1) is 18.3 Å². The van der Waals surface area contributed by atoms with E-state index in [9.17, 15) is 0 Å². The second-order valence-corrected chi connectivity index (χ2v) is 6.32. The fourth-order valence-electron chi connectivity index (χ4n) is 3.26. The summed E-state index contributed by atoms with van der Waals surface area (Å²) in [6.07, 6.45) is 5.64. The molecule has 0 saturated carbocycles. The van der Waals surface area contributed by atoms with Crippen LogP contribution in [0.25, 0.3) is 22.0 Å². The third kappa shape index (κ3) is 3.13. The first kappa shape index (κ1) is 15.8. The second kappa shape index (κ2) is 6.64. The predicted octanol–water partition coefficient (Wildman–Crippen LogP) is 3.04. The molecule has 128 valence electrons. The maximum Gasteiger partial charge on any atom is 0.149 e. The topological polar surface area (TPSA) is 86.0 Å². The first-order chi connectivity index (χ1) is 12.2. The number of ether oxygens (including phenoxy) is 1. The van der Waals surface area contributed by atoms with Crippen molar-refractivity contribution in [3.05, 3.63) is 42.2 Å². The van der Waals surface area contributed by atoms with Crippen LogP contribution in [0, 0.1) is 0 Å². The highest BCUT2D eigenvalue weighted by molar-refractivity contribution is 5.94. The molecule has 1 aliphatic rings. The van der Waals surface area contributed by atoms with E-state index in [0.29, 0.717) is 12.3 Å². The molecule has 0 amide bonds. The number of aromatic nitrogens is 3. The predicted molar refractivity (Wildman–Crippen MR) is 99.4 cm³/mol. The van der Waals surface area contributed by atoms with E-state index in [-0.39, 0.29) is 6.04 Å². The summed E-state index contributed by atoms with van der Waals surface area (Å²) in [5.41, 5.74) is 11.0. The smallest absolute Gasteiger partial charge is 0.149 e. The van der Waals surface area contributed by atoms with Gasteiger partial charge >= 0.3 is 0 Å². The molecule has 1 atom stereocenters. The highest BCUT2D eigenvalue weighted by Gasteiger charge is 2.16. The molecule has 25 heavy (non-hydrogen) atoms. The van der Waals surface area contributed by atoms with Crippen molar-refractivity contribution >= 4 is 22.4 Å². The number of nitrogens with zero attached hydrogens (tertiary/aromatic N) is 3. The molecular formula is C19H21N5O. The number of rotatable bonds is 4. The summed E-state index contributed by atoms with van der Waals surface area (Å²) in [6, 6.07) is 8.39. The lowest BCUT2D eigenvalue weighted by atomic mass is 9.98. The van der Waals surface area contributed by atoms with Crippen LogP contribution in [0.2, 0.25) is 0 Å². The van der Waals surface area contributed by atoms with Gasteiger partial charge in [0.2, 0.25) is 0 Å². The lowest BCUT2D eigenvalue weighted by molar-refractivity contribution is 0.195. The van der Waals surface area contributed by atoms with Crippen molar-refractivity contribution in [2.75, 3.05) is 24.3 Å². The van der Waals surface area contributed by atoms with Gasteiger partial charge in [-0.3, -0.25) is 4.98 Å².